The van der Waals surface area contributed by atoms with E-state index in [1.807, 2.05) is 81.4 Å². The summed E-state index contributed by atoms with van der Waals surface area (Å²) in [5, 5.41) is 10.9. The lowest BCUT2D eigenvalue weighted by molar-refractivity contribution is -0.170. The van der Waals surface area contributed by atoms with Crippen LogP contribution in [0.25, 0.3) is 0 Å². The zero-order valence-electron chi connectivity index (χ0n) is 17.9. The summed E-state index contributed by atoms with van der Waals surface area (Å²) in [7, 11) is 0. The van der Waals surface area contributed by atoms with Crippen molar-refractivity contribution in [2.45, 2.75) is 58.0 Å². The zero-order chi connectivity index (χ0) is 21.7. The van der Waals surface area contributed by atoms with E-state index < -0.39 is 23.1 Å². The van der Waals surface area contributed by atoms with Gasteiger partial charge in [0.15, 0.2) is 11.4 Å². The number of benzene rings is 2. The molecule has 1 aliphatic heterocycles. The molecule has 158 valence electrons. The third-order valence-electron chi connectivity index (χ3n) is 5.75. The molecule has 0 saturated heterocycles. The summed E-state index contributed by atoms with van der Waals surface area (Å²) in [4.78, 5) is 26.6. The summed E-state index contributed by atoms with van der Waals surface area (Å²) >= 11 is 0. The van der Waals surface area contributed by atoms with Crippen LogP contribution in [0, 0.1) is 5.92 Å². The highest BCUT2D eigenvalue weighted by molar-refractivity contribution is 6.11. The van der Waals surface area contributed by atoms with Crippen LogP contribution in [0.3, 0.4) is 0 Å². The summed E-state index contributed by atoms with van der Waals surface area (Å²) in [6, 6.07) is 19.3. The van der Waals surface area contributed by atoms with Gasteiger partial charge in [-0.2, -0.15) is 0 Å². The molecule has 0 aliphatic carbocycles. The van der Waals surface area contributed by atoms with E-state index in [9.17, 15) is 14.7 Å². The highest BCUT2D eigenvalue weighted by atomic mass is 16.6. The molecule has 0 amide bonds. The Morgan fingerprint density at radius 2 is 1.57 bits per heavy atom. The first-order valence-corrected chi connectivity index (χ1v) is 10.7. The number of aliphatic hydroxyl groups excluding tert-OH is 1. The number of rotatable bonds is 8. The summed E-state index contributed by atoms with van der Waals surface area (Å²) in [5.41, 5.74) is 0.693. The van der Waals surface area contributed by atoms with Gasteiger partial charge in [-0.05, 0) is 42.7 Å². The number of carbonyl (C=O) groups excluding carboxylic acids is 2. The molecule has 0 saturated carbocycles. The number of cyclic esters (lactones) is 1. The van der Waals surface area contributed by atoms with Crippen LogP contribution in [0.4, 0.5) is 0 Å². The Labute approximate surface area is 178 Å². The van der Waals surface area contributed by atoms with Gasteiger partial charge in [0.1, 0.15) is 0 Å². The van der Waals surface area contributed by atoms with Crippen LogP contribution in [0.15, 0.2) is 72.0 Å². The zero-order valence-corrected chi connectivity index (χ0v) is 17.9. The van der Waals surface area contributed by atoms with E-state index in [4.69, 9.17) is 4.74 Å². The van der Waals surface area contributed by atoms with Crippen molar-refractivity contribution in [3.05, 3.63) is 83.1 Å². The van der Waals surface area contributed by atoms with Crippen molar-refractivity contribution in [2.75, 3.05) is 0 Å². The smallest absolute Gasteiger partial charge is 0.339 e. The summed E-state index contributed by atoms with van der Waals surface area (Å²) in [5.74, 6) is -1.75. The predicted octanol–water partition coefficient (Wildman–Crippen LogP) is 5.54. The highest BCUT2D eigenvalue weighted by Gasteiger charge is 2.50. The number of ketones is 1. The fraction of sp³-hybridized carbons (Fsp3) is 0.385. The first-order valence-electron chi connectivity index (χ1n) is 10.7. The van der Waals surface area contributed by atoms with Crippen LogP contribution in [0.5, 0.6) is 0 Å². The van der Waals surface area contributed by atoms with Crippen LogP contribution in [-0.4, -0.2) is 22.5 Å². The standard InChI is InChI=1S/C26H30O4/c1-4-21(20-13-9-6-10-14-20)22-23(27)24(28)26(17-18(2)3,30-25(22)29)16-15-19-11-7-5-8-12-19/h5-14,18,21,27H,4,15-17H2,1-3H3. The second-order valence-corrected chi connectivity index (χ2v) is 8.43. The molecular weight excluding hydrogens is 376 g/mol. The van der Waals surface area contributed by atoms with Crippen molar-refractivity contribution in [3.8, 4) is 0 Å². The van der Waals surface area contributed by atoms with E-state index >= 15 is 0 Å². The third kappa shape index (κ3) is 4.48. The average molecular weight is 407 g/mol. The molecule has 4 heteroatoms. The van der Waals surface area contributed by atoms with Gasteiger partial charge in [0.2, 0.25) is 5.78 Å². The number of hydrogen-bond acceptors (Lipinski definition) is 4. The van der Waals surface area contributed by atoms with Gasteiger partial charge in [-0.25, -0.2) is 4.79 Å². The van der Waals surface area contributed by atoms with E-state index in [2.05, 4.69) is 0 Å². The minimum atomic E-state index is -1.33. The van der Waals surface area contributed by atoms with E-state index in [0.29, 0.717) is 25.7 Å². The van der Waals surface area contributed by atoms with E-state index in [1.165, 1.54) is 0 Å². The average Bonchev–Trinajstić information content (AvgIpc) is 2.74. The Kier molecular flexibility index (Phi) is 6.76. The van der Waals surface area contributed by atoms with Gasteiger partial charge in [-0.15, -0.1) is 0 Å². The normalized spacial score (nSPS) is 20.4. The van der Waals surface area contributed by atoms with Gasteiger partial charge in [0, 0.05) is 5.92 Å². The summed E-state index contributed by atoms with van der Waals surface area (Å²) in [6.45, 7) is 5.90. The van der Waals surface area contributed by atoms with Crippen molar-refractivity contribution < 1.29 is 19.4 Å². The van der Waals surface area contributed by atoms with Gasteiger partial charge in [0.25, 0.3) is 0 Å². The fourth-order valence-corrected chi connectivity index (χ4v) is 4.36. The van der Waals surface area contributed by atoms with Crippen molar-refractivity contribution in [3.63, 3.8) is 0 Å². The summed E-state index contributed by atoms with van der Waals surface area (Å²) < 4.78 is 5.90. The Bertz CT molecular complexity index is 915. The predicted molar refractivity (Wildman–Crippen MR) is 117 cm³/mol. The molecule has 0 bridgehead atoms. The van der Waals surface area contributed by atoms with Crippen molar-refractivity contribution in [1.29, 1.82) is 0 Å². The third-order valence-corrected chi connectivity index (χ3v) is 5.75. The topological polar surface area (TPSA) is 63.6 Å². The van der Waals surface area contributed by atoms with Crippen LogP contribution in [-0.2, 0) is 20.7 Å². The van der Waals surface area contributed by atoms with Crippen LogP contribution >= 0.6 is 0 Å². The second kappa shape index (κ2) is 9.29. The molecule has 1 N–H and O–H groups in total. The van der Waals surface area contributed by atoms with Crippen molar-refractivity contribution in [1.82, 2.24) is 0 Å². The van der Waals surface area contributed by atoms with Gasteiger partial charge < -0.3 is 9.84 Å². The van der Waals surface area contributed by atoms with Crippen molar-refractivity contribution in [2.24, 2.45) is 5.92 Å². The number of aliphatic hydroxyl groups is 1. The first kappa shape index (κ1) is 21.8. The largest absolute Gasteiger partial charge is 0.504 e. The fourth-order valence-electron chi connectivity index (χ4n) is 4.36. The molecule has 0 spiro atoms. The number of hydrogen-bond donors (Lipinski definition) is 1. The van der Waals surface area contributed by atoms with Crippen molar-refractivity contribution >= 4 is 11.8 Å². The van der Waals surface area contributed by atoms with E-state index in [-0.39, 0.29) is 17.4 Å². The first-order chi connectivity index (χ1) is 14.4. The Morgan fingerprint density at radius 3 is 2.13 bits per heavy atom. The quantitative estimate of drug-likeness (QED) is 0.585. The lowest BCUT2D eigenvalue weighted by Crippen LogP contribution is -2.50. The number of carbonyl (C=O) groups is 2. The minimum absolute atomic E-state index is 0.0767. The van der Waals surface area contributed by atoms with Gasteiger partial charge in [-0.1, -0.05) is 81.4 Å². The lowest BCUT2D eigenvalue weighted by atomic mass is 9.77. The molecule has 3 rings (SSSR count). The van der Waals surface area contributed by atoms with Gasteiger partial charge in [0.05, 0.1) is 5.57 Å². The highest BCUT2D eigenvalue weighted by Crippen LogP contribution is 2.40. The van der Waals surface area contributed by atoms with Crippen LogP contribution in [0.1, 0.15) is 57.1 Å². The maximum absolute atomic E-state index is 13.4. The molecule has 1 aliphatic rings. The lowest BCUT2D eigenvalue weighted by Gasteiger charge is -2.38. The monoisotopic (exact) mass is 406 g/mol. The maximum atomic E-state index is 13.4. The Morgan fingerprint density at radius 1 is 0.967 bits per heavy atom. The minimum Gasteiger partial charge on any atom is -0.504 e. The van der Waals surface area contributed by atoms with Crippen LogP contribution < -0.4 is 0 Å². The molecule has 2 aromatic carbocycles. The molecule has 1 heterocycles. The Balaban J connectivity index is 1.97. The van der Waals surface area contributed by atoms with Gasteiger partial charge >= 0.3 is 5.97 Å². The number of ether oxygens (including phenoxy) is 1. The molecule has 4 nitrogen and oxygen atoms in total. The summed E-state index contributed by atoms with van der Waals surface area (Å²) in [6.07, 6.45) is 1.89. The molecule has 0 radical (unpaired) electrons. The maximum Gasteiger partial charge on any atom is 0.339 e. The second-order valence-electron chi connectivity index (χ2n) is 8.43. The number of aryl methyl sites for hydroxylation is 1. The van der Waals surface area contributed by atoms with Crippen LogP contribution in [0.2, 0.25) is 0 Å². The SMILES string of the molecule is CCC(C1=C(O)C(=O)C(CCc2ccccc2)(CC(C)C)OC1=O)c1ccccc1. The van der Waals surface area contributed by atoms with E-state index in [1.54, 1.807) is 0 Å². The molecule has 2 unspecified atom stereocenters. The molecule has 0 fully saturated rings. The molecular formula is C26H30O4. The molecule has 2 aromatic rings. The Hall–Kier alpha value is -2.88. The molecule has 30 heavy (non-hydrogen) atoms. The molecule has 0 aromatic heterocycles. The number of esters is 1. The van der Waals surface area contributed by atoms with E-state index in [0.717, 1.165) is 11.1 Å². The molecule has 2 atom stereocenters. The number of Topliss-reactive ketones (excluding diaryl/α,β-unsaturated/α-hetero) is 1. The van der Waals surface area contributed by atoms with Gasteiger partial charge in [-0.3, -0.25) is 4.79 Å².